The predicted octanol–water partition coefficient (Wildman–Crippen LogP) is 4.24. The molecule has 1 amide bonds. The van der Waals surface area contributed by atoms with Gasteiger partial charge in [-0.1, -0.05) is 57.0 Å². The number of ketones is 1. The zero-order chi connectivity index (χ0) is 19.2. The van der Waals surface area contributed by atoms with Gasteiger partial charge in [0.1, 0.15) is 5.75 Å². The third-order valence-electron chi connectivity index (χ3n) is 5.58. The van der Waals surface area contributed by atoms with Crippen molar-refractivity contribution in [3.05, 3.63) is 65.7 Å². The summed E-state index contributed by atoms with van der Waals surface area (Å²) in [5, 5.41) is 3.10. The van der Waals surface area contributed by atoms with Crippen LogP contribution in [0.25, 0.3) is 0 Å². The normalized spacial score (nSPS) is 22.1. The van der Waals surface area contributed by atoms with E-state index in [0.29, 0.717) is 28.7 Å². The van der Waals surface area contributed by atoms with E-state index in [1.54, 1.807) is 36.4 Å². The minimum absolute atomic E-state index is 0.0103. The molecule has 1 saturated carbocycles. The van der Waals surface area contributed by atoms with Crippen LogP contribution in [0, 0.1) is 11.8 Å². The molecule has 1 aliphatic rings. The Morgan fingerprint density at radius 1 is 0.963 bits per heavy atom. The van der Waals surface area contributed by atoms with Crippen LogP contribution < -0.4 is 10.1 Å². The van der Waals surface area contributed by atoms with Crippen LogP contribution in [0.3, 0.4) is 0 Å². The average Bonchev–Trinajstić information content (AvgIpc) is 2.70. The molecule has 2 aromatic carbocycles. The minimum atomic E-state index is -0.0922. The first kappa shape index (κ1) is 19.2. The van der Waals surface area contributed by atoms with Crippen LogP contribution in [0.1, 0.15) is 49.0 Å². The number of benzene rings is 2. The second-order valence-electron chi connectivity index (χ2n) is 7.45. The number of amides is 1. The molecule has 0 aliphatic heterocycles. The molecule has 0 aromatic heterocycles. The van der Waals surface area contributed by atoms with E-state index in [0.717, 1.165) is 12.8 Å². The number of hydrogen-bond acceptors (Lipinski definition) is 3. The van der Waals surface area contributed by atoms with E-state index >= 15 is 0 Å². The largest absolute Gasteiger partial charge is 0.484 e. The lowest BCUT2D eigenvalue weighted by Gasteiger charge is -2.34. The van der Waals surface area contributed by atoms with Crippen molar-refractivity contribution < 1.29 is 14.3 Å². The Bertz CT molecular complexity index is 770. The topological polar surface area (TPSA) is 55.4 Å². The van der Waals surface area contributed by atoms with Gasteiger partial charge >= 0.3 is 0 Å². The molecule has 142 valence electrons. The molecule has 0 spiro atoms. The summed E-state index contributed by atoms with van der Waals surface area (Å²) in [4.78, 5) is 24.6. The first-order chi connectivity index (χ1) is 13.0. The Kier molecular flexibility index (Phi) is 6.28. The Balaban J connectivity index is 1.51. The van der Waals surface area contributed by atoms with Crippen molar-refractivity contribution in [3.63, 3.8) is 0 Å². The SMILES string of the molecule is C[C@@H]1[C@H](C)CCC[C@@H]1NC(=O)COc1ccc(C(=O)c2ccccc2)cc1. The van der Waals surface area contributed by atoms with Gasteiger partial charge in [-0.25, -0.2) is 0 Å². The lowest BCUT2D eigenvalue weighted by molar-refractivity contribution is -0.124. The molecule has 4 heteroatoms. The summed E-state index contributed by atoms with van der Waals surface area (Å²) in [7, 11) is 0. The second kappa shape index (κ2) is 8.85. The van der Waals surface area contributed by atoms with Gasteiger partial charge in [-0.15, -0.1) is 0 Å². The third-order valence-corrected chi connectivity index (χ3v) is 5.58. The number of nitrogens with one attached hydrogen (secondary N) is 1. The molecule has 3 rings (SSSR count). The Morgan fingerprint density at radius 3 is 2.33 bits per heavy atom. The number of carbonyl (C=O) groups is 2. The number of ether oxygens (including phenoxy) is 1. The van der Waals surface area contributed by atoms with E-state index in [1.807, 2.05) is 18.2 Å². The van der Waals surface area contributed by atoms with Crippen molar-refractivity contribution in [1.82, 2.24) is 5.32 Å². The molecular weight excluding hydrogens is 338 g/mol. The van der Waals surface area contributed by atoms with Gasteiger partial charge in [0.25, 0.3) is 5.91 Å². The van der Waals surface area contributed by atoms with Crippen LogP contribution in [0.5, 0.6) is 5.75 Å². The number of hydrogen-bond donors (Lipinski definition) is 1. The van der Waals surface area contributed by atoms with Crippen molar-refractivity contribution in [3.8, 4) is 5.75 Å². The Morgan fingerprint density at radius 2 is 1.63 bits per heavy atom. The molecule has 2 aromatic rings. The number of rotatable bonds is 6. The first-order valence-corrected chi connectivity index (χ1v) is 9.66. The van der Waals surface area contributed by atoms with Crippen LogP contribution in [-0.4, -0.2) is 24.3 Å². The summed E-state index contributed by atoms with van der Waals surface area (Å²) in [5.74, 6) is 1.59. The van der Waals surface area contributed by atoms with Crippen molar-refractivity contribution >= 4 is 11.7 Å². The average molecular weight is 365 g/mol. The highest BCUT2D eigenvalue weighted by atomic mass is 16.5. The van der Waals surface area contributed by atoms with Crippen molar-refractivity contribution in [2.24, 2.45) is 11.8 Å². The third kappa shape index (κ3) is 4.97. The van der Waals surface area contributed by atoms with Crippen LogP contribution in [-0.2, 0) is 4.79 Å². The summed E-state index contributed by atoms with van der Waals surface area (Å²) >= 11 is 0. The van der Waals surface area contributed by atoms with Gasteiger partial charge in [0.15, 0.2) is 12.4 Å². The molecule has 0 bridgehead atoms. The van der Waals surface area contributed by atoms with Gasteiger partial charge in [0.2, 0.25) is 0 Å². The standard InChI is InChI=1S/C23H27NO3/c1-16-7-6-10-21(17(16)2)24-22(25)15-27-20-13-11-19(12-14-20)23(26)18-8-4-3-5-9-18/h3-5,8-9,11-14,16-17,21H,6-7,10,15H2,1-2H3,(H,24,25)/t16-,17-,21+/m1/s1. The van der Waals surface area contributed by atoms with E-state index in [2.05, 4.69) is 19.2 Å². The first-order valence-electron chi connectivity index (χ1n) is 9.66. The summed E-state index contributed by atoms with van der Waals surface area (Å²) in [6.45, 7) is 4.44. The molecule has 27 heavy (non-hydrogen) atoms. The lowest BCUT2D eigenvalue weighted by atomic mass is 9.78. The van der Waals surface area contributed by atoms with Gasteiger partial charge in [-0.05, 0) is 42.5 Å². The summed E-state index contributed by atoms with van der Waals surface area (Å²) in [6, 6.07) is 16.3. The molecule has 1 fully saturated rings. The molecular formula is C23H27NO3. The van der Waals surface area contributed by atoms with Crippen LogP contribution in [0.15, 0.2) is 54.6 Å². The highest BCUT2D eigenvalue weighted by Gasteiger charge is 2.28. The van der Waals surface area contributed by atoms with E-state index in [-0.39, 0.29) is 24.3 Å². The molecule has 0 unspecified atom stereocenters. The maximum absolute atomic E-state index is 12.4. The molecule has 0 saturated heterocycles. The van der Waals surface area contributed by atoms with Crippen LogP contribution >= 0.6 is 0 Å². The Labute approximate surface area is 160 Å². The van der Waals surface area contributed by atoms with Crippen molar-refractivity contribution in [2.45, 2.75) is 39.2 Å². The monoisotopic (exact) mass is 365 g/mol. The minimum Gasteiger partial charge on any atom is -0.484 e. The zero-order valence-corrected chi connectivity index (χ0v) is 16.0. The Hall–Kier alpha value is -2.62. The second-order valence-corrected chi connectivity index (χ2v) is 7.45. The molecule has 0 radical (unpaired) electrons. The fraction of sp³-hybridized carbons (Fsp3) is 0.391. The molecule has 0 heterocycles. The zero-order valence-electron chi connectivity index (χ0n) is 16.0. The summed E-state index contributed by atoms with van der Waals surface area (Å²) < 4.78 is 5.59. The fourth-order valence-corrected chi connectivity index (χ4v) is 3.64. The maximum atomic E-state index is 12.4. The maximum Gasteiger partial charge on any atom is 0.258 e. The van der Waals surface area contributed by atoms with Gasteiger partial charge in [-0.3, -0.25) is 9.59 Å². The highest BCUT2D eigenvalue weighted by Crippen LogP contribution is 2.29. The quantitative estimate of drug-likeness (QED) is 0.779. The van der Waals surface area contributed by atoms with E-state index in [9.17, 15) is 9.59 Å². The van der Waals surface area contributed by atoms with Gasteiger partial charge in [-0.2, -0.15) is 0 Å². The van der Waals surface area contributed by atoms with Crippen molar-refractivity contribution in [1.29, 1.82) is 0 Å². The smallest absolute Gasteiger partial charge is 0.258 e. The van der Waals surface area contributed by atoms with E-state index in [4.69, 9.17) is 4.74 Å². The summed E-state index contributed by atoms with van der Waals surface area (Å²) in [5.41, 5.74) is 1.25. The van der Waals surface area contributed by atoms with Gasteiger partial charge < -0.3 is 10.1 Å². The van der Waals surface area contributed by atoms with Gasteiger partial charge in [0.05, 0.1) is 0 Å². The van der Waals surface area contributed by atoms with Crippen molar-refractivity contribution in [2.75, 3.05) is 6.61 Å². The van der Waals surface area contributed by atoms with E-state index < -0.39 is 0 Å². The predicted molar refractivity (Wildman–Crippen MR) is 106 cm³/mol. The number of carbonyl (C=O) groups excluding carboxylic acids is 2. The molecule has 1 N–H and O–H groups in total. The van der Waals surface area contributed by atoms with Crippen LogP contribution in [0.4, 0.5) is 0 Å². The summed E-state index contributed by atoms with van der Waals surface area (Å²) in [6.07, 6.45) is 3.43. The fourth-order valence-electron chi connectivity index (χ4n) is 3.64. The van der Waals surface area contributed by atoms with Gasteiger partial charge in [0, 0.05) is 17.2 Å². The van der Waals surface area contributed by atoms with E-state index in [1.165, 1.54) is 6.42 Å². The lowest BCUT2D eigenvalue weighted by Crippen LogP contribution is -2.45. The highest BCUT2D eigenvalue weighted by molar-refractivity contribution is 6.08. The molecule has 1 aliphatic carbocycles. The van der Waals surface area contributed by atoms with Crippen LogP contribution in [0.2, 0.25) is 0 Å². The molecule has 4 nitrogen and oxygen atoms in total. The molecule has 3 atom stereocenters.